The van der Waals surface area contributed by atoms with Crippen molar-refractivity contribution in [1.29, 1.82) is 0 Å². The Morgan fingerprint density at radius 3 is 2.52 bits per heavy atom. The molecule has 138 valence electrons. The molecule has 1 aromatic heterocycles. The summed E-state index contributed by atoms with van der Waals surface area (Å²) in [5.74, 6) is -0.136. The summed E-state index contributed by atoms with van der Waals surface area (Å²) in [4.78, 5) is 37.3. The molecule has 1 aliphatic heterocycles. The van der Waals surface area contributed by atoms with Gasteiger partial charge in [0, 0.05) is 19.1 Å². The van der Waals surface area contributed by atoms with Gasteiger partial charge in [0.25, 0.3) is 5.91 Å². The van der Waals surface area contributed by atoms with Crippen LogP contribution in [0.4, 0.5) is 4.79 Å². The van der Waals surface area contributed by atoms with E-state index in [1.54, 1.807) is 37.8 Å². The molecule has 0 spiro atoms. The van der Waals surface area contributed by atoms with Crippen LogP contribution in [0.3, 0.4) is 0 Å². The Morgan fingerprint density at radius 1 is 1.28 bits per heavy atom. The van der Waals surface area contributed by atoms with E-state index >= 15 is 0 Å². The van der Waals surface area contributed by atoms with Crippen molar-refractivity contribution in [3.63, 3.8) is 0 Å². The first kappa shape index (κ1) is 18.8. The number of carbonyl (C=O) groups is 3. The van der Waals surface area contributed by atoms with E-state index in [9.17, 15) is 14.4 Å². The SMILES string of the molecule is CC(C)(C)OC(=O)NCC(=O)N1CCC(NC(=O)c2ccco2)CC1. The molecule has 0 unspecified atom stereocenters. The number of alkyl carbamates (subject to hydrolysis) is 1. The number of carbonyl (C=O) groups excluding carboxylic acids is 3. The molecule has 2 N–H and O–H groups in total. The molecule has 8 heteroatoms. The molecule has 2 heterocycles. The van der Waals surface area contributed by atoms with E-state index in [4.69, 9.17) is 9.15 Å². The minimum atomic E-state index is -0.610. The molecule has 1 fully saturated rings. The molecule has 25 heavy (non-hydrogen) atoms. The lowest BCUT2D eigenvalue weighted by atomic mass is 10.0. The summed E-state index contributed by atoms with van der Waals surface area (Å²) in [5, 5.41) is 5.36. The monoisotopic (exact) mass is 351 g/mol. The predicted molar refractivity (Wildman–Crippen MR) is 90.0 cm³/mol. The van der Waals surface area contributed by atoms with E-state index in [2.05, 4.69) is 10.6 Å². The van der Waals surface area contributed by atoms with Crippen LogP contribution in [0, 0.1) is 0 Å². The highest BCUT2D eigenvalue weighted by Gasteiger charge is 2.25. The van der Waals surface area contributed by atoms with Gasteiger partial charge in [0.2, 0.25) is 5.91 Å². The van der Waals surface area contributed by atoms with Gasteiger partial charge in [-0.15, -0.1) is 0 Å². The number of hydrogen-bond acceptors (Lipinski definition) is 5. The standard InChI is InChI=1S/C17H25N3O5/c1-17(2,3)25-16(23)18-11-14(21)20-8-6-12(7-9-20)19-15(22)13-5-4-10-24-13/h4-5,10,12H,6-9,11H2,1-3H3,(H,18,23)(H,19,22). The lowest BCUT2D eigenvalue weighted by Gasteiger charge is -2.32. The van der Waals surface area contributed by atoms with E-state index in [1.807, 2.05) is 0 Å². The van der Waals surface area contributed by atoms with Gasteiger partial charge in [0.15, 0.2) is 5.76 Å². The van der Waals surface area contributed by atoms with Gasteiger partial charge in [0.1, 0.15) is 12.1 Å². The van der Waals surface area contributed by atoms with Crippen LogP contribution >= 0.6 is 0 Å². The minimum absolute atomic E-state index is 0.000431. The number of furan rings is 1. The average molecular weight is 351 g/mol. The molecular formula is C17H25N3O5. The van der Waals surface area contributed by atoms with Crippen molar-refractivity contribution in [1.82, 2.24) is 15.5 Å². The second-order valence-electron chi connectivity index (χ2n) is 6.96. The second kappa shape index (κ2) is 8.04. The van der Waals surface area contributed by atoms with Crippen molar-refractivity contribution in [2.45, 2.75) is 45.3 Å². The summed E-state index contributed by atoms with van der Waals surface area (Å²) in [6, 6.07) is 3.27. The van der Waals surface area contributed by atoms with Crippen LogP contribution in [-0.4, -0.2) is 54.1 Å². The van der Waals surface area contributed by atoms with Crippen molar-refractivity contribution in [2.75, 3.05) is 19.6 Å². The van der Waals surface area contributed by atoms with E-state index in [0.29, 0.717) is 25.9 Å². The maximum Gasteiger partial charge on any atom is 0.408 e. The average Bonchev–Trinajstić information content (AvgIpc) is 3.06. The number of nitrogens with zero attached hydrogens (tertiary/aromatic N) is 1. The van der Waals surface area contributed by atoms with Crippen LogP contribution in [0.2, 0.25) is 0 Å². The summed E-state index contributed by atoms with van der Waals surface area (Å²) in [7, 11) is 0. The van der Waals surface area contributed by atoms with Crippen molar-refractivity contribution < 1.29 is 23.5 Å². The fraction of sp³-hybridized carbons (Fsp3) is 0.588. The Bertz CT molecular complexity index is 598. The summed E-state index contributed by atoms with van der Waals surface area (Å²) >= 11 is 0. The molecule has 2 rings (SSSR count). The van der Waals surface area contributed by atoms with Gasteiger partial charge in [-0.2, -0.15) is 0 Å². The first-order chi connectivity index (χ1) is 11.7. The van der Waals surface area contributed by atoms with Gasteiger partial charge in [-0.3, -0.25) is 9.59 Å². The Balaban J connectivity index is 1.69. The number of likely N-dealkylation sites (tertiary alicyclic amines) is 1. The van der Waals surface area contributed by atoms with Gasteiger partial charge in [-0.1, -0.05) is 0 Å². The van der Waals surface area contributed by atoms with Gasteiger partial charge in [-0.25, -0.2) is 4.79 Å². The normalized spacial score (nSPS) is 15.6. The Hall–Kier alpha value is -2.51. The van der Waals surface area contributed by atoms with Crippen LogP contribution < -0.4 is 10.6 Å². The number of amides is 3. The first-order valence-corrected chi connectivity index (χ1v) is 8.33. The summed E-state index contributed by atoms with van der Waals surface area (Å²) in [6.07, 6.45) is 2.16. The first-order valence-electron chi connectivity index (χ1n) is 8.33. The van der Waals surface area contributed by atoms with Crippen LogP contribution in [-0.2, 0) is 9.53 Å². The molecule has 3 amide bonds. The van der Waals surface area contributed by atoms with Crippen molar-refractivity contribution in [2.24, 2.45) is 0 Å². The van der Waals surface area contributed by atoms with Crippen LogP contribution in [0.25, 0.3) is 0 Å². The highest BCUT2D eigenvalue weighted by molar-refractivity contribution is 5.91. The van der Waals surface area contributed by atoms with Crippen LogP contribution in [0.15, 0.2) is 22.8 Å². The van der Waals surface area contributed by atoms with Gasteiger partial charge in [-0.05, 0) is 45.7 Å². The van der Waals surface area contributed by atoms with Crippen molar-refractivity contribution >= 4 is 17.9 Å². The number of ether oxygens (including phenoxy) is 1. The smallest absolute Gasteiger partial charge is 0.408 e. The summed E-state index contributed by atoms with van der Waals surface area (Å²) < 4.78 is 10.2. The zero-order valence-electron chi connectivity index (χ0n) is 14.8. The molecule has 8 nitrogen and oxygen atoms in total. The maximum atomic E-state index is 12.1. The zero-order valence-corrected chi connectivity index (χ0v) is 14.8. The summed E-state index contributed by atoms with van der Waals surface area (Å²) in [6.45, 7) is 6.23. The second-order valence-corrected chi connectivity index (χ2v) is 6.96. The molecule has 0 saturated carbocycles. The molecule has 0 atom stereocenters. The van der Waals surface area contributed by atoms with E-state index in [-0.39, 0.29) is 30.2 Å². The quantitative estimate of drug-likeness (QED) is 0.857. The Labute approximate surface area is 146 Å². The fourth-order valence-corrected chi connectivity index (χ4v) is 2.51. The third-order valence-corrected chi connectivity index (χ3v) is 3.71. The Kier molecular flexibility index (Phi) is 6.06. The van der Waals surface area contributed by atoms with E-state index in [1.165, 1.54) is 6.26 Å². The van der Waals surface area contributed by atoms with Crippen molar-refractivity contribution in [3.05, 3.63) is 24.2 Å². The molecule has 0 aliphatic carbocycles. The molecule has 0 radical (unpaired) electrons. The zero-order chi connectivity index (χ0) is 18.4. The molecule has 1 aliphatic rings. The predicted octanol–water partition coefficient (Wildman–Crippen LogP) is 1.53. The minimum Gasteiger partial charge on any atom is -0.459 e. The molecule has 1 saturated heterocycles. The molecule has 0 bridgehead atoms. The van der Waals surface area contributed by atoms with Gasteiger partial charge >= 0.3 is 6.09 Å². The fourth-order valence-electron chi connectivity index (χ4n) is 2.51. The number of rotatable bonds is 4. The molecule has 0 aromatic carbocycles. The highest BCUT2D eigenvalue weighted by Crippen LogP contribution is 2.12. The van der Waals surface area contributed by atoms with Gasteiger partial charge < -0.3 is 24.7 Å². The van der Waals surface area contributed by atoms with E-state index < -0.39 is 11.7 Å². The largest absolute Gasteiger partial charge is 0.459 e. The maximum absolute atomic E-state index is 12.1. The number of hydrogen-bond donors (Lipinski definition) is 2. The topological polar surface area (TPSA) is 101 Å². The van der Waals surface area contributed by atoms with Crippen molar-refractivity contribution in [3.8, 4) is 0 Å². The van der Waals surface area contributed by atoms with Gasteiger partial charge in [0.05, 0.1) is 6.26 Å². The lowest BCUT2D eigenvalue weighted by Crippen LogP contribution is -2.49. The third-order valence-electron chi connectivity index (χ3n) is 3.71. The highest BCUT2D eigenvalue weighted by atomic mass is 16.6. The molecule has 1 aromatic rings. The number of nitrogens with one attached hydrogen (secondary N) is 2. The van der Waals surface area contributed by atoms with Crippen LogP contribution in [0.1, 0.15) is 44.2 Å². The summed E-state index contributed by atoms with van der Waals surface area (Å²) in [5.41, 5.74) is -0.600. The third kappa shape index (κ3) is 6.13. The van der Waals surface area contributed by atoms with E-state index in [0.717, 1.165) is 0 Å². The lowest BCUT2D eigenvalue weighted by molar-refractivity contribution is -0.131. The number of piperidine rings is 1. The Morgan fingerprint density at radius 2 is 1.96 bits per heavy atom. The van der Waals surface area contributed by atoms with Crippen LogP contribution in [0.5, 0.6) is 0 Å². The molecular weight excluding hydrogens is 326 g/mol.